The Morgan fingerprint density at radius 3 is 2.59 bits per heavy atom. The molecule has 0 saturated carbocycles. The van der Waals surface area contributed by atoms with E-state index in [4.69, 9.17) is 14.5 Å². The highest BCUT2D eigenvalue weighted by Gasteiger charge is 2.13. The summed E-state index contributed by atoms with van der Waals surface area (Å²) in [4.78, 5) is 12.0. The molecule has 5 aromatic rings. The van der Waals surface area contributed by atoms with Gasteiger partial charge in [0.1, 0.15) is 11.3 Å². The minimum atomic E-state index is 0.736. The maximum absolute atomic E-state index is 6.13. The van der Waals surface area contributed by atoms with Gasteiger partial charge in [-0.3, -0.25) is 4.98 Å². The predicted octanol–water partition coefficient (Wildman–Crippen LogP) is 6.32. The first kappa shape index (κ1) is 21.9. The lowest BCUT2D eigenvalue weighted by Crippen LogP contribution is -2.21. The average molecular weight is 468 g/mol. The molecule has 0 unspecified atom stereocenters. The number of benzene rings is 2. The molecule has 0 aliphatic rings. The summed E-state index contributed by atoms with van der Waals surface area (Å²) in [6, 6.07) is 22.3. The molecule has 3 heterocycles. The number of para-hydroxylation sites is 1. The number of rotatable bonds is 7. The largest absolute Gasteiger partial charge is 0.454 e. The summed E-state index contributed by atoms with van der Waals surface area (Å²) < 4.78 is 7.96. The number of aromatic nitrogens is 2. The van der Waals surface area contributed by atoms with E-state index in [1.54, 1.807) is 12.4 Å². The van der Waals surface area contributed by atoms with E-state index < -0.39 is 0 Å². The molecular formula is C27H25N5OS. The monoisotopic (exact) mass is 467 g/mol. The fourth-order valence-corrected chi connectivity index (χ4v) is 4.62. The molecule has 0 fully saturated rings. The lowest BCUT2D eigenvalue weighted by Gasteiger charge is -2.20. The van der Waals surface area contributed by atoms with E-state index in [0.29, 0.717) is 0 Å². The Hall–Kier alpha value is -3.97. The summed E-state index contributed by atoms with van der Waals surface area (Å²) in [7, 11) is 0. The molecule has 170 valence electrons. The number of anilines is 1. The molecule has 0 amide bonds. The van der Waals surface area contributed by atoms with Crippen molar-refractivity contribution in [2.45, 2.75) is 13.8 Å². The average Bonchev–Trinajstić information content (AvgIpc) is 3.48. The van der Waals surface area contributed by atoms with Crippen LogP contribution in [0.15, 0.2) is 99.0 Å². The standard InChI is InChI=1S/C27H25N5OS/c1-3-31(4-2)23-13-11-20(12-14-23)17-29-32-24(26-16-21-8-5-6-10-25(21)33-26)19-34-27(32)30-22-9-7-15-28-18-22/h5-19H,3-4H2,1-2H3. The summed E-state index contributed by atoms with van der Waals surface area (Å²) in [5, 5.41) is 7.88. The van der Waals surface area contributed by atoms with Crippen molar-refractivity contribution in [3.63, 3.8) is 0 Å². The Morgan fingerprint density at radius 2 is 1.85 bits per heavy atom. The van der Waals surface area contributed by atoms with E-state index in [0.717, 1.165) is 51.6 Å². The van der Waals surface area contributed by atoms with Gasteiger partial charge >= 0.3 is 0 Å². The molecular weight excluding hydrogens is 442 g/mol. The van der Waals surface area contributed by atoms with Crippen LogP contribution in [0, 0.1) is 0 Å². The van der Waals surface area contributed by atoms with Gasteiger partial charge < -0.3 is 9.32 Å². The molecule has 5 rings (SSSR count). The van der Waals surface area contributed by atoms with Crippen LogP contribution in [-0.4, -0.2) is 29.0 Å². The topological polar surface area (TPSA) is 58.9 Å². The van der Waals surface area contributed by atoms with Crippen molar-refractivity contribution in [1.29, 1.82) is 0 Å². The molecule has 0 bridgehead atoms. The van der Waals surface area contributed by atoms with Crippen LogP contribution in [0.1, 0.15) is 19.4 Å². The van der Waals surface area contributed by atoms with E-state index in [2.05, 4.69) is 48.0 Å². The van der Waals surface area contributed by atoms with E-state index >= 15 is 0 Å². The predicted molar refractivity (Wildman–Crippen MR) is 140 cm³/mol. The van der Waals surface area contributed by atoms with Gasteiger partial charge in [-0.15, -0.1) is 11.3 Å². The molecule has 34 heavy (non-hydrogen) atoms. The van der Waals surface area contributed by atoms with Crippen LogP contribution in [0.3, 0.4) is 0 Å². The number of hydrogen-bond acceptors (Lipinski definition) is 6. The lowest BCUT2D eigenvalue weighted by molar-refractivity contribution is 0.622. The second-order valence-corrected chi connectivity index (χ2v) is 8.53. The first-order chi connectivity index (χ1) is 16.7. The normalized spacial score (nSPS) is 12.1. The van der Waals surface area contributed by atoms with Crippen LogP contribution in [-0.2, 0) is 0 Å². The van der Waals surface area contributed by atoms with Crippen LogP contribution in [0.2, 0.25) is 0 Å². The van der Waals surface area contributed by atoms with E-state index in [1.807, 2.05) is 58.7 Å². The van der Waals surface area contributed by atoms with Crippen molar-refractivity contribution in [1.82, 2.24) is 9.66 Å². The van der Waals surface area contributed by atoms with Gasteiger partial charge in [-0.2, -0.15) is 5.10 Å². The number of thiazole rings is 1. The van der Waals surface area contributed by atoms with E-state index in [9.17, 15) is 0 Å². The van der Waals surface area contributed by atoms with Gasteiger partial charge in [0.05, 0.1) is 18.1 Å². The van der Waals surface area contributed by atoms with Crippen molar-refractivity contribution in [3.05, 3.63) is 94.9 Å². The Balaban J connectivity index is 1.56. The number of fused-ring (bicyclic) bond motifs is 1. The molecule has 0 spiro atoms. The van der Waals surface area contributed by atoms with Crippen LogP contribution < -0.4 is 9.70 Å². The van der Waals surface area contributed by atoms with Gasteiger partial charge in [-0.1, -0.05) is 30.3 Å². The minimum Gasteiger partial charge on any atom is -0.454 e. The van der Waals surface area contributed by atoms with Gasteiger partial charge in [-0.25, -0.2) is 9.67 Å². The molecule has 6 nitrogen and oxygen atoms in total. The maximum atomic E-state index is 6.13. The molecule has 0 radical (unpaired) electrons. The fraction of sp³-hybridized carbons (Fsp3) is 0.148. The Morgan fingerprint density at radius 1 is 1.03 bits per heavy atom. The molecule has 3 aromatic heterocycles. The van der Waals surface area contributed by atoms with Crippen molar-refractivity contribution in [2.24, 2.45) is 10.1 Å². The summed E-state index contributed by atoms with van der Waals surface area (Å²) in [5.41, 5.74) is 4.68. The molecule has 0 aliphatic carbocycles. The van der Waals surface area contributed by atoms with Gasteiger partial charge in [0.15, 0.2) is 5.76 Å². The third-order valence-corrected chi connectivity index (χ3v) is 6.39. The summed E-state index contributed by atoms with van der Waals surface area (Å²) in [6.45, 7) is 6.29. The third-order valence-electron chi connectivity index (χ3n) is 5.58. The van der Waals surface area contributed by atoms with Crippen molar-refractivity contribution in [3.8, 4) is 11.5 Å². The Labute approximate surface area is 202 Å². The van der Waals surface area contributed by atoms with Crippen LogP contribution in [0.4, 0.5) is 11.4 Å². The van der Waals surface area contributed by atoms with Crippen LogP contribution >= 0.6 is 11.3 Å². The quantitative estimate of drug-likeness (QED) is 0.263. The van der Waals surface area contributed by atoms with Crippen LogP contribution in [0.5, 0.6) is 0 Å². The third kappa shape index (κ3) is 4.56. The Bertz CT molecular complexity index is 1440. The zero-order valence-electron chi connectivity index (χ0n) is 19.1. The van der Waals surface area contributed by atoms with E-state index in [-0.39, 0.29) is 0 Å². The highest BCUT2D eigenvalue weighted by atomic mass is 32.1. The lowest BCUT2D eigenvalue weighted by atomic mass is 10.2. The molecule has 0 atom stereocenters. The minimum absolute atomic E-state index is 0.736. The summed E-state index contributed by atoms with van der Waals surface area (Å²) in [6.07, 6.45) is 5.33. The van der Waals surface area contributed by atoms with Gasteiger partial charge in [0.25, 0.3) is 0 Å². The molecule has 0 aliphatic heterocycles. The van der Waals surface area contributed by atoms with Crippen LogP contribution in [0.25, 0.3) is 22.4 Å². The number of nitrogens with zero attached hydrogens (tertiary/aromatic N) is 5. The second-order valence-electron chi connectivity index (χ2n) is 7.70. The molecule has 7 heteroatoms. The van der Waals surface area contributed by atoms with Crippen molar-refractivity contribution < 1.29 is 4.42 Å². The Kier molecular flexibility index (Phi) is 6.35. The summed E-state index contributed by atoms with van der Waals surface area (Å²) in [5.74, 6) is 0.749. The van der Waals surface area contributed by atoms with Crippen molar-refractivity contribution in [2.75, 3.05) is 18.0 Å². The van der Waals surface area contributed by atoms with Gasteiger partial charge in [0, 0.05) is 35.7 Å². The highest BCUT2D eigenvalue weighted by Crippen LogP contribution is 2.28. The fourth-order valence-electron chi connectivity index (χ4n) is 3.78. The number of pyridine rings is 1. The number of hydrogen-bond donors (Lipinski definition) is 0. The first-order valence-corrected chi connectivity index (χ1v) is 12.2. The zero-order valence-corrected chi connectivity index (χ0v) is 19.9. The molecule has 0 saturated heterocycles. The second kappa shape index (κ2) is 9.89. The van der Waals surface area contributed by atoms with Gasteiger partial charge in [-0.05, 0) is 55.8 Å². The molecule has 0 N–H and O–H groups in total. The summed E-state index contributed by atoms with van der Waals surface area (Å²) >= 11 is 1.51. The van der Waals surface area contributed by atoms with Gasteiger partial charge in [0.2, 0.25) is 4.80 Å². The van der Waals surface area contributed by atoms with E-state index in [1.165, 1.54) is 17.0 Å². The zero-order chi connectivity index (χ0) is 23.3. The highest BCUT2D eigenvalue weighted by molar-refractivity contribution is 7.07. The molecule has 2 aromatic carbocycles. The number of furan rings is 1. The smallest absolute Gasteiger partial charge is 0.211 e. The SMILES string of the molecule is CCN(CC)c1ccc(C=Nn2c(-c3cc4ccccc4o3)csc2=Nc2cccnc2)cc1. The van der Waals surface area contributed by atoms with Crippen molar-refractivity contribution >= 4 is 39.9 Å². The maximum Gasteiger partial charge on any atom is 0.211 e. The first-order valence-electron chi connectivity index (χ1n) is 11.3.